The third kappa shape index (κ3) is 3.76. The molecule has 0 fully saturated rings. The zero-order valence-electron chi connectivity index (χ0n) is 17.2. The van der Waals surface area contributed by atoms with Gasteiger partial charge in [0, 0.05) is 18.0 Å². The van der Waals surface area contributed by atoms with E-state index in [0.29, 0.717) is 5.82 Å². The topological polar surface area (TPSA) is 59.3 Å². The molecule has 4 aromatic rings. The summed E-state index contributed by atoms with van der Waals surface area (Å²) in [5.74, 6) is 0.448. The summed E-state index contributed by atoms with van der Waals surface area (Å²) in [5.41, 5.74) is 8.17. The number of aryl methyl sites for hydroxylation is 4. The Bertz CT molecular complexity index is 1220. The molecule has 1 amide bonds. The summed E-state index contributed by atoms with van der Waals surface area (Å²) >= 11 is 0. The lowest BCUT2D eigenvalue weighted by atomic mass is 10.0. The molecule has 5 heteroatoms. The smallest absolute Gasteiger partial charge is 0.231 e. The highest BCUT2D eigenvalue weighted by Crippen LogP contribution is 2.28. The molecule has 3 heterocycles. The molecule has 0 saturated heterocycles. The first kappa shape index (κ1) is 18.9. The van der Waals surface area contributed by atoms with E-state index in [0.717, 1.165) is 33.7 Å². The maximum atomic E-state index is 12.8. The first-order chi connectivity index (χ1) is 13.9. The molecule has 1 aromatic carbocycles. The number of hydrogen-bond acceptors (Lipinski definition) is 3. The molecule has 5 nitrogen and oxygen atoms in total. The standard InChI is InChI=1S/C24H24N4O/c1-15-9-10-25-21(12-15)26-22(29)14-20-23(19-8-7-16(2)18(4)13-19)27-24-17(3)6-5-11-28(20)24/h5-13H,14H2,1-4H3,(H,25,26,29). The lowest BCUT2D eigenvalue weighted by Gasteiger charge is -2.09. The summed E-state index contributed by atoms with van der Waals surface area (Å²) in [6.07, 6.45) is 3.87. The Morgan fingerprint density at radius 3 is 2.59 bits per heavy atom. The average molecular weight is 384 g/mol. The second kappa shape index (κ2) is 7.51. The minimum atomic E-state index is -0.114. The molecule has 0 unspecified atom stereocenters. The normalized spacial score (nSPS) is 11.0. The SMILES string of the molecule is Cc1ccnc(NC(=O)Cc2c(-c3ccc(C)c(C)c3)nc3c(C)cccn23)c1. The third-order valence-electron chi connectivity index (χ3n) is 5.24. The van der Waals surface area contributed by atoms with Crippen LogP contribution in [-0.2, 0) is 11.2 Å². The van der Waals surface area contributed by atoms with Gasteiger partial charge in [-0.05, 0) is 74.2 Å². The molecule has 0 aliphatic rings. The monoisotopic (exact) mass is 384 g/mol. The van der Waals surface area contributed by atoms with Gasteiger partial charge >= 0.3 is 0 Å². The number of anilines is 1. The van der Waals surface area contributed by atoms with E-state index < -0.39 is 0 Å². The quantitative estimate of drug-likeness (QED) is 0.549. The Labute approximate surface area is 170 Å². The highest BCUT2D eigenvalue weighted by Gasteiger charge is 2.18. The van der Waals surface area contributed by atoms with Crippen LogP contribution in [0.15, 0.2) is 54.9 Å². The molecule has 0 spiro atoms. The van der Waals surface area contributed by atoms with Crippen LogP contribution in [0, 0.1) is 27.7 Å². The summed E-state index contributed by atoms with van der Waals surface area (Å²) in [6, 6.07) is 14.1. The summed E-state index contributed by atoms with van der Waals surface area (Å²) < 4.78 is 2.02. The van der Waals surface area contributed by atoms with Gasteiger partial charge in [-0.15, -0.1) is 0 Å². The van der Waals surface area contributed by atoms with Crippen LogP contribution in [0.1, 0.15) is 27.9 Å². The maximum Gasteiger partial charge on any atom is 0.231 e. The predicted octanol–water partition coefficient (Wildman–Crippen LogP) is 4.81. The molecule has 0 aliphatic carbocycles. The zero-order valence-corrected chi connectivity index (χ0v) is 17.2. The molecule has 1 N–H and O–H groups in total. The Morgan fingerprint density at radius 2 is 1.83 bits per heavy atom. The van der Waals surface area contributed by atoms with Crippen LogP contribution >= 0.6 is 0 Å². The van der Waals surface area contributed by atoms with Crippen LogP contribution in [0.2, 0.25) is 0 Å². The van der Waals surface area contributed by atoms with Gasteiger partial charge in [0.2, 0.25) is 5.91 Å². The summed E-state index contributed by atoms with van der Waals surface area (Å²) in [4.78, 5) is 22.0. The van der Waals surface area contributed by atoms with Crippen LogP contribution in [0.3, 0.4) is 0 Å². The minimum absolute atomic E-state index is 0.114. The van der Waals surface area contributed by atoms with E-state index in [9.17, 15) is 4.79 Å². The van der Waals surface area contributed by atoms with Gasteiger partial charge in [-0.3, -0.25) is 4.79 Å². The number of fused-ring (bicyclic) bond motifs is 1. The van der Waals surface area contributed by atoms with Gasteiger partial charge in [0.15, 0.2) is 0 Å². The number of carbonyl (C=O) groups excluding carboxylic acids is 1. The second-order valence-electron chi connectivity index (χ2n) is 7.53. The van der Waals surface area contributed by atoms with Crippen LogP contribution < -0.4 is 5.32 Å². The number of nitrogens with one attached hydrogen (secondary N) is 1. The van der Waals surface area contributed by atoms with Crippen LogP contribution in [0.4, 0.5) is 5.82 Å². The second-order valence-corrected chi connectivity index (χ2v) is 7.53. The summed E-state index contributed by atoms with van der Waals surface area (Å²) in [6.45, 7) is 8.20. The Hall–Kier alpha value is -3.47. The first-order valence-electron chi connectivity index (χ1n) is 9.69. The molecule has 3 aromatic heterocycles. The van der Waals surface area contributed by atoms with E-state index in [1.807, 2.05) is 48.7 Å². The number of aromatic nitrogens is 3. The van der Waals surface area contributed by atoms with Crippen molar-refractivity contribution in [2.45, 2.75) is 34.1 Å². The Morgan fingerprint density at radius 1 is 1.00 bits per heavy atom. The Balaban J connectivity index is 1.76. The molecule has 146 valence electrons. The summed E-state index contributed by atoms with van der Waals surface area (Å²) in [7, 11) is 0. The molecular formula is C24H24N4O. The van der Waals surface area contributed by atoms with E-state index in [2.05, 4.69) is 42.3 Å². The van der Waals surface area contributed by atoms with Crippen molar-refractivity contribution in [3.05, 3.63) is 82.8 Å². The molecule has 29 heavy (non-hydrogen) atoms. The van der Waals surface area contributed by atoms with E-state index in [1.54, 1.807) is 6.20 Å². The number of carbonyl (C=O) groups is 1. The van der Waals surface area contributed by atoms with Crippen molar-refractivity contribution in [2.24, 2.45) is 0 Å². The fraction of sp³-hybridized carbons (Fsp3) is 0.208. The van der Waals surface area contributed by atoms with Crippen molar-refractivity contribution in [3.63, 3.8) is 0 Å². The zero-order chi connectivity index (χ0) is 20.5. The van der Waals surface area contributed by atoms with Gasteiger partial charge in [0.25, 0.3) is 0 Å². The van der Waals surface area contributed by atoms with E-state index in [4.69, 9.17) is 4.98 Å². The van der Waals surface area contributed by atoms with Crippen LogP contribution in [0.25, 0.3) is 16.9 Å². The fourth-order valence-corrected chi connectivity index (χ4v) is 3.49. The number of rotatable bonds is 4. The van der Waals surface area contributed by atoms with Crippen molar-refractivity contribution in [3.8, 4) is 11.3 Å². The van der Waals surface area contributed by atoms with Crippen LogP contribution in [-0.4, -0.2) is 20.3 Å². The minimum Gasteiger partial charge on any atom is -0.310 e. The number of nitrogens with zero attached hydrogens (tertiary/aromatic N) is 3. The van der Waals surface area contributed by atoms with E-state index in [-0.39, 0.29) is 12.3 Å². The maximum absolute atomic E-state index is 12.8. The highest BCUT2D eigenvalue weighted by molar-refractivity contribution is 5.92. The van der Waals surface area contributed by atoms with E-state index in [1.165, 1.54) is 11.1 Å². The lowest BCUT2D eigenvalue weighted by Crippen LogP contribution is -2.17. The molecule has 0 saturated carbocycles. The van der Waals surface area contributed by atoms with Gasteiger partial charge in [-0.1, -0.05) is 18.2 Å². The van der Waals surface area contributed by atoms with Crippen molar-refractivity contribution in [1.29, 1.82) is 0 Å². The molecule has 0 radical (unpaired) electrons. The van der Waals surface area contributed by atoms with Gasteiger partial charge in [-0.25, -0.2) is 9.97 Å². The molecule has 4 rings (SSSR count). The fourth-order valence-electron chi connectivity index (χ4n) is 3.49. The van der Waals surface area contributed by atoms with Gasteiger partial charge in [0.1, 0.15) is 11.5 Å². The molecular weight excluding hydrogens is 360 g/mol. The summed E-state index contributed by atoms with van der Waals surface area (Å²) in [5, 5.41) is 2.91. The highest BCUT2D eigenvalue weighted by atomic mass is 16.1. The number of hydrogen-bond donors (Lipinski definition) is 1. The van der Waals surface area contributed by atoms with Gasteiger partial charge in [0.05, 0.1) is 17.8 Å². The van der Waals surface area contributed by atoms with Gasteiger partial charge in [-0.2, -0.15) is 0 Å². The number of benzene rings is 1. The van der Waals surface area contributed by atoms with Crippen LogP contribution in [0.5, 0.6) is 0 Å². The third-order valence-corrected chi connectivity index (χ3v) is 5.24. The van der Waals surface area contributed by atoms with Crippen molar-refractivity contribution >= 4 is 17.4 Å². The molecule has 0 atom stereocenters. The predicted molar refractivity (Wildman–Crippen MR) is 116 cm³/mol. The van der Waals surface area contributed by atoms with E-state index >= 15 is 0 Å². The first-order valence-corrected chi connectivity index (χ1v) is 9.69. The number of imidazole rings is 1. The van der Waals surface area contributed by atoms with Crippen molar-refractivity contribution < 1.29 is 4.79 Å². The van der Waals surface area contributed by atoms with Crippen molar-refractivity contribution in [2.75, 3.05) is 5.32 Å². The number of pyridine rings is 2. The number of amides is 1. The largest absolute Gasteiger partial charge is 0.310 e. The lowest BCUT2D eigenvalue weighted by molar-refractivity contribution is -0.115. The van der Waals surface area contributed by atoms with Crippen molar-refractivity contribution in [1.82, 2.24) is 14.4 Å². The van der Waals surface area contributed by atoms with Gasteiger partial charge < -0.3 is 9.72 Å². The molecule has 0 bridgehead atoms. The average Bonchev–Trinajstić information content (AvgIpc) is 3.04. The molecule has 0 aliphatic heterocycles. The Kier molecular flexibility index (Phi) is 4.89.